The number of urea groups is 1. The minimum atomic E-state index is -4.22. The van der Waals surface area contributed by atoms with E-state index in [1.165, 1.54) is 30.6 Å². The lowest BCUT2D eigenvalue weighted by Gasteiger charge is -2.26. The van der Waals surface area contributed by atoms with E-state index in [4.69, 9.17) is 0 Å². The van der Waals surface area contributed by atoms with Gasteiger partial charge in [-0.1, -0.05) is 12.8 Å². The van der Waals surface area contributed by atoms with Crippen molar-refractivity contribution in [2.75, 3.05) is 26.2 Å². The van der Waals surface area contributed by atoms with Crippen LogP contribution in [0.15, 0.2) is 0 Å². The van der Waals surface area contributed by atoms with Crippen LogP contribution in [0.25, 0.3) is 0 Å². The maximum atomic E-state index is 12.3. The number of nitrogens with one attached hydrogen (secondary N) is 1. The van der Waals surface area contributed by atoms with Crippen LogP contribution in [-0.4, -0.2) is 60.3 Å². The van der Waals surface area contributed by atoms with Crippen LogP contribution in [0.3, 0.4) is 0 Å². The SMILES string of the molecule is CCN(CCC(F)(F)F)C(=O)N[C@H]1CCN(C2CCCC2)C1. The van der Waals surface area contributed by atoms with Crippen molar-refractivity contribution in [1.82, 2.24) is 15.1 Å². The van der Waals surface area contributed by atoms with Gasteiger partial charge < -0.3 is 10.2 Å². The average Bonchev–Trinajstić information content (AvgIpc) is 3.08. The van der Waals surface area contributed by atoms with Crippen LogP contribution in [0.5, 0.6) is 0 Å². The number of hydrogen-bond donors (Lipinski definition) is 1. The summed E-state index contributed by atoms with van der Waals surface area (Å²) in [6.07, 6.45) is 0.728. The van der Waals surface area contributed by atoms with E-state index in [0.29, 0.717) is 12.6 Å². The lowest BCUT2D eigenvalue weighted by atomic mass is 10.2. The van der Waals surface area contributed by atoms with Crippen LogP contribution in [0.4, 0.5) is 18.0 Å². The van der Waals surface area contributed by atoms with Gasteiger partial charge in [-0.05, 0) is 26.2 Å². The van der Waals surface area contributed by atoms with Gasteiger partial charge in [0.05, 0.1) is 6.42 Å². The molecule has 0 unspecified atom stereocenters. The van der Waals surface area contributed by atoms with Gasteiger partial charge in [-0.25, -0.2) is 4.79 Å². The highest BCUT2D eigenvalue weighted by atomic mass is 19.4. The summed E-state index contributed by atoms with van der Waals surface area (Å²) in [6, 6.07) is 0.326. The minimum Gasteiger partial charge on any atom is -0.334 e. The number of carbonyl (C=O) groups is 1. The number of alkyl halides is 3. The summed E-state index contributed by atoms with van der Waals surface area (Å²) in [5.74, 6) is 0. The molecule has 2 fully saturated rings. The third-order valence-electron chi connectivity index (χ3n) is 4.72. The topological polar surface area (TPSA) is 35.6 Å². The van der Waals surface area contributed by atoms with Gasteiger partial charge >= 0.3 is 12.2 Å². The Kier molecular flexibility index (Phi) is 5.94. The smallest absolute Gasteiger partial charge is 0.334 e. The summed E-state index contributed by atoms with van der Waals surface area (Å²) < 4.78 is 36.8. The van der Waals surface area contributed by atoms with E-state index in [2.05, 4.69) is 10.2 Å². The zero-order valence-corrected chi connectivity index (χ0v) is 13.2. The molecule has 0 bridgehead atoms. The Bertz CT molecular complexity index is 370. The molecule has 1 N–H and O–H groups in total. The zero-order chi connectivity index (χ0) is 16.2. The second kappa shape index (κ2) is 7.53. The molecule has 0 radical (unpaired) electrons. The molecule has 2 amide bonds. The first-order valence-electron chi connectivity index (χ1n) is 8.25. The van der Waals surface area contributed by atoms with E-state index in [1.807, 2.05) is 0 Å². The number of carbonyl (C=O) groups excluding carboxylic acids is 1. The molecular formula is C15H26F3N3O. The molecular weight excluding hydrogens is 295 g/mol. The molecule has 1 saturated heterocycles. The maximum Gasteiger partial charge on any atom is 0.390 e. The quantitative estimate of drug-likeness (QED) is 0.845. The third kappa shape index (κ3) is 5.04. The first-order valence-corrected chi connectivity index (χ1v) is 8.25. The molecule has 0 spiro atoms. The first kappa shape index (κ1) is 17.4. The standard InChI is InChI=1S/C15H26F3N3O/c1-2-20(10-8-15(16,17)18)14(22)19-12-7-9-21(11-12)13-5-3-4-6-13/h12-13H,2-11H2,1H3,(H,19,22)/t12-/m0/s1. The highest BCUT2D eigenvalue weighted by molar-refractivity contribution is 5.74. The molecule has 2 aliphatic rings. The molecule has 0 aromatic rings. The van der Waals surface area contributed by atoms with E-state index in [0.717, 1.165) is 19.5 Å². The fraction of sp³-hybridized carbons (Fsp3) is 0.933. The third-order valence-corrected chi connectivity index (χ3v) is 4.72. The fourth-order valence-corrected chi connectivity index (χ4v) is 3.44. The van der Waals surface area contributed by atoms with Crippen molar-refractivity contribution in [3.05, 3.63) is 0 Å². The lowest BCUT2D eigenvalue weighted by molar-refractivity contribution is -0.136. The van der Waals surface area contributed by atoms with Gasteiger partial charge in [-0.15, -0.1) is 0 Å². The summed E-state index contributed by atoms with van der Waals surface area (Å²) in [6.45, 7) is 3.53. The van der Waals surface area contributed by atoms with E-state index in [-0.39, 0.29) is 18.6 Å². The van der Waals surface area contributed by atoms with Gasteiger partial charge in [-0.2, -0.15) is 13.2 Å². The molecule has 1 saturated carbocycles. The van der Waals surface area contributed by atoms with Crippen molar-refractivity contribution in [2.45, 2.75) is 63.7 Å². The Morgan fingerprint density at radius 2 is 1.95 bits per heavy atom. The van der Waals surface area contributed by atoms with Gasteiger partial charge in [0.1, 0.15) is 0 Å². The highest BCUT2D eigenvalue weighted by Crippen LogP contribution is 2.26. The molecule has 2 rings (SSSR count). The van der Waals surface area contributed by atoms with Crippen LogP contribution in [0.1, 0.15) is 45.4 Å². The summed E-state index contributed by atoms with van der Waals surface area (Å²) in [4.78, 5) is 15.8. The molecule has 22 heavy (non-hydrogen) atoms. The van der Waals surface area contributed by atoms with Crippen molar-refractivity contribution < 1.29 is 18.0 Å². The molecule has 1 heterocycles. The summed E-state index contributed by atoms with van der Waals surface area (Å²) >= 11 is 0. The van der Waals surface area contributed by atoms with E-state index >= 15 is 0 Å². The highest BCUT2D eigenvalue weighted by Gasteiger charge is 2.32. The largest absolute Gasteiger partial charge is 0.390 e. The Balaban J connectivity index is 1.75. The second-order valence-corrected chi connectivity index (χ2v) is 6.31. The molecule has 1 aliphatic carbocycles. The average molecular weight is 321 g/mol. The Hall–Kier alpha value is -0.980. The minimum absolute atomic E-state index is 0.0630. The summed E-state index contributed by atoms with van der Waals surface area (Å²) in [5.41, 5.74) is 0. The number of nitrogens with zero attached hydrogens (tertiary/aromatic N) is 2. The van der Waals surface area contributed by atoms with Crippen molar-refractivity contribution in [3.63, 3.8) is 0 Å². The van der Waals surface area contributed by atoms with Gasteiger partial charge in [0, 0.05) is 38.3 Å². The van der Waals surface area contributed by atoms with Crippen LogP contribution >= 0.6 is 0 Å². The number of rotatable bonds is 5. The normalized spacial score (nSPS) is 23.9. The number of amides is 2. The molecule has 0 aromatic carbocycles. The van der Waals surface area contributed by atoms with E-state index in [9.17, 15) is 18.0 Å². The Morgan fingerprint density at radius 3 is 2.55 bits per heavy atom. The van der Waals surface area contributed by atoms with Crippen molar-refractivity contribution in [3.8, 4) is 0 Å². The monoisotopic (exact) mass is 321 g/mol. The fourth-order valence-electron chi connectivity index (χ4n) is 3.44. The van der Waals surface area contributed by atoms with E-state index < -0.39 is 12.6 Å². The summed E-state index contributed by atoms with van der Waals surface area (Å²) in [7, 11) is 0. The lowest BCUT2D eigenvalue weighted by Crippen LogP contribution is -2.47. The van der Waals surface area contributed by atoms with Crippen molar-refractivity contribution in [1.29, 1.82) is 0 Å². The van der Waals surface area contributed by atoms with Gasteiger partial charge in [0.25, 0.3) is 0 Å². The van der Waals surface area contributed by atoms with Crippen LogP contribution in [0.2, 0.25) is 0 Å². The predicted octanol–water partition coefficient (Wildman–Crippen LogP) is 2.99. The van der Waals surface area contributed by atoms with Crippen LogP contribution in [-0.2, 0) is 0 Å². The van der Waals surface area contributed by atoms with Gasteiger partial charge in [0.2, 0.25) is 0 Å². The first-order chi connectivity index (χ1) is 10.4. The molecule has 7 heteroatoms. The second-order valence-electron chi connectivity index (χ2n) is 6.31. The summed E-state index contributed by atoms with van der Waals surface area (Å²) in [5, 5.41) is 2.90. The molecule has 0 aromatic heterocycles. The maximum absolute atomic E-state index is 12.3. The van der Waals surface area contributed by atoms with Crippen LogP contribution in [0, 0.1) is 0 Å². The number of likely N-dealkylation sites (tertiary alicyclic amines) is 1. The van der Waals surface area contributed by atoms with E-state index in [1.54, 1.807) is 6.92 Å². The van der Waals surface area contributed by atoms with Crippen molar-refractivity contribution >= 4 is 6.03 Å². The molecule has 1 aliphatic heterocycles. The molecule has 4 nitrogen and oxygen atoms in total. The molecule has 1 atom stereocenters. The van der Waals surface area contributed by atoms with Crippen molar-refractivity contribution in [2.24, 2.45) is 0 Å². The van der Waals surface area contributed by atoms with Crippen LogP contribution < -0.4 is 5.32 Å². The molecule has 128 valence electrons. The van der Waals surface area contributed by atoms with Gasteiger partial charge in [0.15, 0.2) is 0 Å². The number of halogens is 3. The predicted molar refractivity (Wildman–Crippen MR) is 78.7 cm³/mol. The zero-order valence-electron chi connectivity index (χ0n) is 13.2. The Morgan fingerprint density at radius 1 is 1.27 bits per heavy atom. The number of hydrogen-bond acceptors (Lipinski definition) is 2. The van der Waals surface area contributed by atoms with Gasteiger partial charge in [-0.3, -0.25) is 4.90 Å². The Labute approximate surface area is 130 Å².